The molecule has 4 rings (SSSR count). The molecule has 0 bridgehead atoms. The Morgan fingerprint density at radius 3 is 2.29 bits per heavy atom. The number of pyridine rings is 1. The summed E-state index contributed by atoms with van der Waals surface area (Å²) in [6, 6.07) is 26.2. The van der Waals surface area contributed by atoms with Gasteiger partial charge in [-0.05, 0) is 79.2 Å². The topological polar surface area (TPSA) is 109 Å². The van der Waals surface area contributed by atoms with Crippen LogP contribution in [0.2, 0.25) is 5.02 Å². The van der Waals surface area contributed by atoms with Gasteiger partial charge in [0.25, 0.3) is 11.8 Å². The molecule has 0 fully saturated rings. The molecule has 10 heteroatoms. The summed E-state index contributed by atoms with van der Waals surface area (Å²) in [4.78, 5) is 43.2. The monoisotopic (exact) mass is 586 g/mol. The van der Waals surface area contributed by atoms with Crippen molar-refractivity contribution in [1.29, 1.82) is 0 Å². The van der Waals surface area contributed by atoms with Crippen LogP contribution in [0.3, 0.4) is 0 Å². The Bertz CT molecular complexity index is 1510. The zero-order chi connectivity index (χ0) is 29.0. The smallest absolute Gasteiger partial charge is 0.272 e. The SMILES string of the molecule is CCOc1ccc(/C=C(\NC(=O)c2ccccc2)C(=O)Nc2ccc(SCC(=O)Nc3ccc(Cl)cn3)cc2)cc1. The Balaban J connectivity index is 1.41. The number of benzene rings is 3. The summed E-state index contributed by atoms with van der Waals surface area (Å²) in [7, 11) is 0. The number of halogens is 1. The molecule has 0 aliphatic rings. The van der Waals surface area contributed by atoms with Crippen molar-refractivity contribution in [3.05, 3.63) is 119 Å². The van der Waals surface area contributed by atoms with E-state index in [-0.39, 0.29) is 17.4 Å². The third-order valence-corrected chi connectivity index (χ3v) is 6.74. The summed E-state index contributed by atoms with van der Waals surface area (Å²) in [6.07, 6.45) is 3.06. The van der Waals surface area contributed by atoms with Crippen LogP contribution < -0.4 is 20.7 Å². The summed E-state index contributed by atoms with van der Waals surface area (Å²) < 4.78 is 5.48. The lowest BCUT2D eigenvalue weighted by Gasteiger charge is -2.12. The molecular weight excluding hydrogens is 560 g/mol. The third-order valence-electron chi connectivity index (χ3n) is 5.51. The van der Waals surface area contributed by atoms with Gasteiger partial charge < -0.3 is 20.7 Å². The highest BCUT2D eigenvalue weighted by Crippen LogP contribution is 2.22. The van der Waals surface area contributed by atoms with Gasteiger partial charge in [-0.25, -0.2) is 4.98 Å². The van der Waals surface area contributed by atoms with Gasteiger partial charge in [-0.1, -0.05) is 41.9 Å². The average molecular weight is 587 g/mol. The Morgan fingerprint density at radius 2 is 1.63 bits per heavy atom. The molecule has 0 radical (unpaired) electrons. The van der Waals surface area contributed by atoms with Crippen molar-refractivity contribution in [1.82, 2.24) is 10.3 Å². The maximum atomic E-state index is 13.3. The number of ether oxygens (including phenoxy) is 1. The highest BCUT2D eigenvalue weighted by molar-refractivity contribution is 8.00. The van der Waals surface area contributed by atoms with Gasteiger partial charge in [0, 0.05) is 22.3 Å². The predicted octanol–water partition coefficient (Wildman–Crippen LogP) is 6.27. The van der Waals surface area contributed by atoms with E-state index in [1.54, 1.807) is 91.0 Å². The molecular formula is C31H27ClN4O4S. The Morgan fingerprint density at radius 1 is 0.902 bits per heavy atom. The molecule has 0 aliphatic heterocycles. The van der Waals surface area contributed by atoms with Gasteiger partial charge in [0.15, 0.2) is 0 Å². The number of rotatable bonds is 11. The standard InChI is InChI=1S/C31H27ClN4O4S/c1-2-40-25-13-8-21(9-14-25)18-27(35-30(38)22-6-4-3-5-7-22)31(39)34-24-11-15-26(16-12-24)41-20-29(37)36-28-17-10-23(32)19-33-28/h3-19H,2,20H2,1H3,(H,34,39)(H,35,38)(H,33,36,37)/b27-18-. The van der Waals surface area contributed by atoms with Crippen molar-refractivity contribution in [2.45, 2.75) is 11.8 Å². The summed E-state index contributed by atoms with van der Waals surface area (Å²) in [5.41, 5.74) is 1.75. The summed E-state index contributed by atoms with van der Waals surface area (Å²) in [5, 5.41) is 8.75. The molecule has 0 spiro atoms. The van der Waals surface area contributed by atoms with Crippen LogP contribution in [0, 0.1) is 0 Å². The number of aromatic nitrogens is 1. The number of carbonyl (C=O) groups is 3. The molecule has 1 aromatic heterocycles. The van der Waals surface area contributed by atoms with Gasteiger partial charge in [0.2, 0.25) is 5.91 Å². The van der Waals surface area contributed by atoms with Gasteiger partial charge in [0.1, 0.15) is 17.3 Å². The summed E-state index contributed by atoms with van der Waals surface area (Å²) >= 11 is 7.16. The van der Waals surface area contributed by atoms with Crippen LogP contribution in [0.1, 0.15) is 22.8 Å². The minimum Gasteiger partial charge on any atom is -0.494 e. The number of hydrogen-bond donors (Lipinski definition) is 3. The molecule has 0 saturated heterocycles. The highest BCUT2D eigenvalue weighted by Gasteiger charge is 2.15. The quantitative estimate of drug-likeness (QED) is 0.141. The lowest BCUT2D eigenvalue weighted by Crippen LogP contribution is -2.30. The minimum atomic E-state index is -0.488. The normalized spacial score (nSPS) is 10.9. The van der Waals surface area contributed by atoms with Crippen LogP contribution in [0.5, 0.6) is 5.75 Å². The molecule has 3 aromatic carbocycles. The second-order valence-corrected chi connectivity index (χ2v) is 10.0. The molecule has 3 amide bonds. The summed E-state index contributed by atoms with van der Waals surface area (Å²) in [5.74, 6) is 0.208. The van der Waals surface area contributed by atoms with E-state index in [2.05, 4.69) is 20.9 Å². The number of amides is 3. The van der Waals surface area contributed by atoms with Gasteiger partial charge >= 0.3 is 0 Å². The fraction of sp³-hybridized carbons (Fsp3) is 0.0968. The van der Waals surface area contributed by atoms with E-state index < -0.39 is 11.8 Å². The fourth-order valence-corrected chi connectivity index (χ4v) is 4.36. The molecule has 0 saturated carbocycles. The van der Waals surface area contributed by atoms with Crippen molar-refractivity contribution in [2.24, 2.45) is 0 Å². The van der Waals surface area contributed by atoms with Crippen molar-refractivity contribution >= 4 is 58.7 Å². The zero-order valence-corrected chi connectivity index (χ0v) is 23.7. The lowest BCUT2D eigenvalue weighted by atomic mass is 10.1. The number of carbonyl (C=O) groups excluding carboxylic acids is 3. The van der Waals surface area contributed by atoms with Crippen LogP contribution >= 0.6 is 23.4 Å². The molecule has 1 heterocycles. The molecule has 41 heavy (non-hydrogen) atoms. The van der Waals surface area contributed by atoms with Gasteiger partial charge in [-0.3, -0.25) is 14.4 Å². The average Bonchev–Trinajstić information content (AvgIpc) is 2.99. The van der Waals surface area contributed by atoms with Gasteiger partial charge in [0.05, 0.1) is 17.4 Å². The summed E-state index contributed by atoms with van der Waals surface area (Å²) in [6.45, 7) is 2.44. The van der Waals surface area contributed by atoms with Crippen LogP contribution in [0.25, 0.3) is 6.08 Å². The largest absolute Gasteiger partial charge is 0.494 e. The van der Waals surface area contributed by atoms with Crippen molar-refractivity contribution in [3.8, 4) is 5.75 Å². The number of nitrogens with zero attached hydrogens (tertiary/aromatic N) is 1. The maximum absolute atomic E-state index is 13.3. The Kier molecular flexibility index (Phi) is 10.5. The third kappa shape index (κ3) is 9.23. The van der Waals surface area contributed by atoms with Gasteiger partial charge in [-0.2, -0.15) is 0 Å². The fourth-order valence-electron chi connectivity index (χ4n) is 3.55. The zero-order valence-electron chi connectivity index (χ0n) is 22.1. The Labute approximate surface area is 247 Å². The highest BCUT2D eigenvalue weighted by atomic mass is 35.5. The Hall–Kier alpha value is -4.60. The minimum absolute atomic E-state index is 0.0777. The second kappa shape index (κ2) is 14.7. The number of hydrogen-bond acceptors (Lipinski definition) is 6. The predicted molar refractivity (Wildman–Crippen MR) is 163 cm³/mol. The van der Waals surface area contributed by atoms with E-state index in [1.165, 1.54) is 18.0 Å². The molecule has 0 aliphatic carbocycles. The van der Waals surface area contributed by atoms with Crippen molar-refractivity contribution < 1.29 is 19.1 Å². The van der Waals surface area contributed by atoms with Crippen LogP contribution in [0.15, 0.2) is 108 Å². The number of anilines is 2. The van der Waals surface area contributed by atoms with Crippen LogP contribution in [0.4, 0.5) is 11.5 Å². The van der Waals surface area contributed by atoms with Gasteiger partial charge in [-0.15, -0.1) is 11.8 Å². The van der Waals surface area contributed by atoms with Crippen LogP contribution in [-0.4, -0.2) is 35.1 Å². The molecule has 0 atom stereocenters. The second-order valence-electron chi connectivity index (χ2n) is 8.56. The number of thioether (sulfide) groups is 1. The van der Waals surface area contributed by atoms with E-state index in [4.69, 9.17) is 16.3 Å². The first-order valence-corrected chi connectivity index (χ1v) is 14.0. The molecule has 208 valence electrons. The molecule has 0 unspecified atom stereocenters. The first-order valence-electron chi connectivity index (χ1n) is 12.7. The number of nitrogens with one attached hydrogen (secondary N) is 3. The van der Waals surface area contributed by atoms with E-state index >= 15 is 0 Å². The van der Waals surface area contributed by atoms with E-state index in [0.29, 0.717) is 40.0 Å². The molecule has 8 nitrogen and oxygen atoms in total. The van der Waals surface area contributed by atoms with E-state index in [0.717, 1.165) is 4.90 Å². The first-order chi connectivity index (χ1) is 19.9. The molecule has 3 N–H and O–H groups in total. The van der Waals surface area contributed by atoms with Crippen molar-refractivity contribution in [3.63, 3.8) is 0 Å². The van der Waals surface area contributed by atoms with Crippen LogP contribution in [-0.2, 0) is 9.59 Å². The van der Waals surface area contributed by atoms with E-state index in [9.17, 15) is 14.4 Å². The lowest BCUT2D eigenvalue weighted by molar-refractivity contribution is -0.114. The first kappa shape index (κ1) is 29.4. The molecule has 4 aromatic rings. The van der Waals surface area contributed by atoms with Crippen molar-refractivity contribution in [2.75, 3.05) is 23.0 Å². The maximum Gasteiger partial charge on any atom is 0.272 e. The van der Waals surface area contributed by atoms with E-state index in [1.807, 2.05) is 13.0 Å².